The average molecular weight is 253 g/mol. The van der Waals surface area contributed by atoms with E-state index in [1.165, 1.54) is 18.2 Å². The molecule has 0 saturated heterocycles. The van der Waals surface area contributed by atoms with E-state index < -0.39 is 23.3 Å². The molecule has 0 heterocycles. The van der Waals surface area contributed by atoms with Gasteiger partial charge in [-0.15, -0.1) is 0 Å². The summed E-state index contributed by atoms with van der Waals surface area (Å²) in [7, 11) is 0. The topological polar surface area (TPSA) is 122 Å². The van der Waals surface area contributed by atoms with E-state index in [4.69, 9.17) is 5.11 Å². The third-order valence-electron chi connectivity index (χ3n) is 1.98. The quantitative estimate of drug-likeness (QED) is 0.492. The van der Waals surface area contributed by atoms with Gasteiger partial charge in [0.25, 0.3) is 5.69 Å². The predicted molar refractivity (Wildman–Crippen MR) is 62.2 cm³/mol. The fourth-order valence-electron chi connectivity index (χ4n) is 1.19. The highest BCUT2D eigenvalue weighted by Gasteiger charge is 2.12. The second kappa shape index (κ2) is 6.18. The van der Waals surface area contributed by atoms with Crippen molar-refractivity contribution in [1.82, 2.24) is 5.32 Å². The van der Waals surface area contributed by atoms with Crippen LogP contribution in [0, 0.1) is 10.1 Å². The van der Waals surface area contributed by atoms with Crippen molar-refractivity contribution in [3.8, 4) is 0 Å². The molecule has 0 aliphatic heterocycles. The van der Waals surface area contributed by atoms with E-state index in [1.54, 1.807) is 6.07 Å². The number of nitrogens with one attached hydrogen (secondary N) is 2. The van der Waals surface area contributed by atoms with Crippen LogP contribution in [0.25, 0.3) is 0 Å². The lowest BCUT2D eigenvalue weighted by atomic mass is 10.2. The maximum Gasteiger partial charge on any atom is 0.322 e. The summed E-state index contributed by atoms with van der Waals surface area (Å²) in [5.74, 6) is -1.72. The maximum atomic E-state index is 11.2. The van der Waals surface area contributed by atoms with Gasteiger partial charge in [0.2, 0.25) is 5.91 Å². The third-order valence-corrected chi connectivity index (χ3v) is 1.98. The van der Waals surface area contributed by atoms with Crippen molar-refractivity contribution >= 4 is 23.3 Å². The second-order valence-electron chi connectivity index (χ2n) is 3.30. The van der Waals surface area contributed by atoms with Gasteiger partial charge in [0.1, 0.15) is 12.2 Å². The van der Waals surface area contributed by atoms with E-state index >= 15 is 0 Å². The van der Waals surface area contributed by atoms with Crippen LogP contribution < -0.4 is 10.6 Å². The zero-order chi connectivity index (χ0) is 13.5. The molecule has 0 unspecified atom stereocenters. The number of aliphatic carboxylic acids is 1. The van der Waals surface area contributed by atoms with Crippen molar-refractivity contribution in [1.29, 1.82) is 0 Å². The Morgan fingerprint density at radius 2 is 1.94 bits per heavy atom. The number of nitro groups is 1. The summed E-state index contributed by atoms with van der Waals surface area (Å²) in [6, 6.07) is 5.86. The highest BCUT2D eigenvalue weighted by Crippen LogP contribution is 2.22. The predicted octanol–water partition coefficient (Wildman–Crippen LogP) is 0.208. The van der Waals surface area contributed by atoms with Crippen molar-refractivity contribution < 1.29 is 19.6 Å². The van der Waals surface area contributed by atoms with E-state index in [0.29, 0.717) is 0 Å². The largest absolute Gasteiger partial charge is 0.480 e. The first-order chi connectivity index (χ1) is 8.50. The van der Waals surface area contributed by atoms with E-state index in [1.807, 2.05) is 0 Å². The van der Waals surface area contributed by atoms with Gasteiger partial charge in [0, 0.05) is 6.07 Å². The first kappa shape index (κ1) is 13.4. The molecule has 1 rings (SSSR count). The van der Waals surface area contributed by atoms with Crippen LogP contribution in [-0.4, -0.2) is 35.0 Å². The van der Waals surface area contributed by atoms with Crippen LogP contribution in [0.1, 0.15) is 0 Å². The highest BCUT2D eigenvalue weighted by atomic mass is 16.6. The number of para-hydroxylation sites is 2. The lowest BCUT2D eigenvalue weighted by Crippen LogP contribution is -2.33. The molecule has 0 aliphatic rings. The van der Waals surface area contributed by atoms with Crippen LogP contribution in [0.2, 0.25) is 0 Å². The molecular formula is C10H11N3O5. The smallest absolute Gasteiger partial charge is 0.322 e. The molecule has 18 heavy (non-hydrogen) atoms. The molecular weight excluding hydrogens is 242 g/mol. The lowest BCUT2D eigenvalue weighted by molar-refractivity contribution is -0.383. The first-order valence-electron chi connectivity index (χ1n) is 4.96. The van der Waals surface area contributed by atoms with Crippen LogP contribution >= 0.6 is 0 Å². The molecule has 0 spiro atoms. The minimum absolute atomic E-state index is 0.150. The number of nitrogens with zero attached hydrogens (tertiary/aromatic N) is 1. The average Bonchev–Trinajstić information content (AvgIpc) is 2.34. The van der Waals surface area contributed by atoms with Crippen LogP contribution in [0.5, 0.6) is 0 Å². The Morgan fingerprint density at radius 3 is 2.56 bits per heavy atom. The summed E-state index contributed by atoms with van der Waals surface area (Å²) in [5.41, 5.74) is 0.0523. The normalized spacial score (nSPS) is 9.56. The number of hydrogen-bond donors (Lipinski definition) is 3. The van der Waals surface area contributed by atoms with Crippen molar-refractivity contribution in [2.45, 2.75) is 0 Å². The summed E-state index contributed by atoms with van der Waals surface area (Å²) in [5, 5.41) is 23.7. The second-order valence-corrected chi connectivity index (χ2v) is 3.30. The third kappa shape index (κ3) is 4.08. The number of benzene rings is 1. The molecule has 0 fully saturated rings. The maximum absolute atomic E-state index is 11.2. The molecule has 8 nitrogen and oxygen atoms in total. The molecule has 1 aromatic carbocycles. The molecule has 0 saturated carbocycles. The van der Waals surface area contributed by atoms with Gasteiger partial charge in [-0.25, -0.2) is 0 Å². The number of carbonyl (C=O) groups excluding carboxylic acids is 1. The van der Waals surface area contributed by atoms with Crippen LogP contribution in [0.3, 0.4) is 0 Å². The van der Waals surface area contributed by atoms with Crippen LogP contribution in [0.15, 0.2) is 24.3 Å². The van der Waals surface area contributed by atoms with Crippen LogP contribution in [0.4, 0.5) is 11.4 Å². The van der Waals surface area contributed by atoms with Gasteiger partial charge in [0.05, 0.1) is 11.5 Å². The number of anilines is 1. The van der Waals surface area contributed by atoms with Crippen molar-refractivity contribution in [2.24, 2.45) is 0 Å². The Hall–Kier alpha value is -2.64. The standard InChI is InChI=1S/C10H11N3O5/c14-9(12-6-10(15)16)5-11-7-3-1-2-4-8(7)13(17)18/h1-4,11H,5-6H2,(H,12,14)(H,15,16). The zero-order valence-corrected chi connectivity index (χ0v) is 9.25. The molecule has 8 heteroatoms. The Labute approximate surface area is 102 Å². The summed E-state index contributed by atoms with van der Waals surface area (Å²) in [4.78, 5) is 31.5. The van der Waals surface area contributed by atoms with E-state index in [9.17, 15) is 19.7 Å². The monoisotopic (exact) mass is 253 g/mol. The molecule has 1 aromatic rings. The van der Waals surface area contributed by atoms with Gasteiger partial charge in [-0.1, -0.05) is 12.1 Å². The number of carboxylic acid groups (broad SMARTS) is 1. The molecule has 0 aromatic heterocycles. The summed E-state index contributed by atoms with van der Waals surface area (Å²) in [6.07, 6.45) is 0. The highest BCUT2D eigenvalue weighted by molar-refractivity contribution is 5.84. The Morgan fingerprint density at radius 1 is 1.28 bits per heavy atom. The number of amides is 1. The molecule has 0 bridgehead atoms. The number of hydrogen-bond acceptors (Lipinski definition) is 5. The molecule has 3 N–H and O–H groups in total. The summed E-state index contributed by atoms with van der Waals surface area (Å²) < 4.78 is 0. The Balaban J connectivity index is 2.56. The molecule has 0 aliphatic carbocycles. The van der Waals surface area contributed by atoms with Gasteiger partial charge >= 0.3 is 5.97 Å². The first-order valence-corrected chi connectivity index (χ1v) is 4.96. The van der Waals surface area contributed by atoms with E-state index in [-0.39, 0.29) is 17.9 Å². The lowest BCUT2D eigenvalue weighted by Gasteiger charge is -2.06. The molecule has 96 valence electrons. The summed E-state index contributed by atoms with van der Waals surface area (Å²) >= 11 is 0. The summed E-state index contributed by atoms with van der Waals surface area (Å²) in [6.45, 7) is -0.727. The fourth-order valence-corrected chi connectivity index (χ4v) is 1.19. The van der Waals surface area contributed by atoms with Crippen molar-refractivity contribution in [3.05, 3.63) is 34.4 Å². The molecule has 0 radical (unpaired) electrons. The number of nitro benzene ring substituents is 1. The van der Waals surface area contributed by atoms with Crippen molar-refractivity contribution in [3.63, 3.8) is 0 Å². The van der Waals surface area contributed by atoms with E-state index in [2.05, 4.69) is 10.6 Å². The van der Waals surface area contributed by atoms with Gasteiger partial charge in [-0.2, -0.15) is 0 Å². The van der Waals surface area contributed by atoms with E-state index in [0.717, 1.165) is 0 Å². The van der Waals surface area contributed by atoms with Gasteiger partial charge in [-0.05, 0) is 6.07 Å². The molecule has 0 atom stereocenters. The number of rotatable bonds is 6. The Kier molecular flexibility index (Phi) is 4.61. The van der Waals surface area contributed by atoms with Crippen LogP contribution in [-0.2, 0) is 9.59 Å². The van der Waals surface area contributed by atoms with Gasteiger partial charge in [-0.3, -0.25) is 19.7 Å². The van der Waals surface area contributed by atoms with Crippen molar-refractivity contribution in [2.75, 3.05) is 18.4 Å². The minimum atomic E-state index is -1.16. The number of carbonyl (C=O) groups is 2. The molecule has 1 amide bonds. The fraction of sp³-hybridized carbons (Fsp3) is 0.200. The SMILES string of the molecule is O=C(O)CNC(=O)CNc1ccccc1[N+](=O)[O-]. The zero-order valence-electron chi connectivity index (χ0n) is 9.25. The van der Waals surface area contributed by atoms with Gasteiger partial charge < -0.3 is 15.7 Å². The Bertz CT molecular complexity index is 474. The minimum Gasteiger partial charge on any atom is -0.480 e. The van der Waals surface area contributed by atoms with Gasteiger partial charge in [0.15, 0.2) is 0 Å². The number of carboxylic acids is 1.